The van der Waals surface area contributed by atoms with Crippen LogP contribution in [-0.4, -0.2) is 20.2 Å². The molecule has 3 aromatic rings. The average molecular weight is 288 g/mol. The lowest BCUT2D eigenvalue weighted by Gasteiger charge is -2.09. The van der Waals surface area contributed by atoms with Gasteiger partial charge in [0.2, 0.25) is 5.95 Å². The Labute approximate surface area is 127 Å². The van der Waals surface area contributed by atoms with Gasteiger partial charge in [-0.3, -0.25) is 0 Å². The molecule has 22 heavy (non-hydrogen) atoms. The van der Waals surface area contributed by atoms with Crippen molar-refractivity contribution >= 4 is 5.95 Å². The molecule has 0 fully saturated rings. The van der Waals surface area contributed by atoms with Gasteiger partial charge < -0.3 is 5.73 Å². The van der Waals surface area contributed by atoms with E-state index in [0.29, 0.717) is 17.0 Å². The molecule has 2 heterocycles. The summed E-state index contributed by atoms with van der Waals surface area (Å²) in [5, 5.41) is 17.3. The molecule has 6 nitrogen and oxygen atoms in total. The fourth-order valence-electron chi connectivity index (χ4n) is 2.15. The zero-order chi connectivity index (χ0) is 15.5. The van der Waals surface area contributed by atoms with Gasteiger partial charge in [0, 0.05) is 16.8 Å². The third-order valence-corrected chi connectivity index (χ3v) is 3.15. The molecule has 0 radical (unpaired) electrons. The molecule has 0 spiro atoms. The Bertz CT molecular complexity index is 868. The van der Waals surface area contributed by atoms with Crippen LogP contribution < -0.4 is 5.73 Å². The molecule has 0 amide bonds. The first-order valence-corrected chi connectivity index (χ1v) is 6.63. The van der Waals surface area contributed by atoms with Crippen molar-refractivity contribution < 1.29 is 0 Å². The van der Waals surface area contributed by atoms with Crippen LogP contribution in [0.15, 0.2) is 42.5 Å². The number of nitrogen functional groups attached to an aromatic ring is 1. The summed E-state index contributed by atoms with van der Waals surface area (Å²) >= 11 is 0. The third-order valence-electron chi connectivity index (χ3n) is 3.15. The predicted octanol–water partition coefficient (Wildman–Crippen LogP) is 2.36. The highest BCUT2D eigenvalue weighted by Crippen LogP contribution is 2.30. The van der Waals surface area contributed by atoms with Crippen LogP contribution in [0.1, 0.15) is 11.4 Å². The number of pyridine rings is 1. The highest BCUT2D eigenvalue weighted by Gasteiger charge is 2.16. The molecule has 0 bridgehead atoms. The summed E-state index contributed by atoms with van der Waals surface area (Å²) in [4.78, 5) is 8.52. The highest BCUT2D eigenvalue weighted by molar-refractivity contribution is 5.80. The maximum Gasteiger partial charge on any atom is 0.240 e. The SMILES string of the molecule is Cc1ccc(-c2nnc(N)nc2-c2ccccc2)c(C#N)n1. The third kappa shape index (κ3) is 2.47. The number of nitriles is 1. The lowest BCUT2D eigenvalue weighted by Crippen LogP contribution is -2.04. The summed E-state index contributed by atoms with van der Waals surface area (Å²) in [6.45, 7) is 1.83. The van der Waals surface area contributed by atoms with E-state index in [1.165, 1.54) is 0 Å². The molecule has 0 saturated carbocycles. The number of benzene rings is 1. The van der Waals surface area contributed by atoms with E-state index >= 15 is 0 Å². The molecule has 2 aromatic heterocycles. The molecule has 106 valence electrons. The average Bonchev–Trinajstić information content (AvgIpc) is 2.56. The summed E-state index contributed by atoms with van der Waals surface area (Å²) in [5.74, 6) is 0.0844. The van der Waals surface area contributed by atoms with Crippen LogP contribution in [0.2, 0.25) is 0 Å². The summed E-state index contributed by atoms with van der Waals surface area (Å²) in [6, 6.07) is 15.2. The maximum atomic E-state index is 9.31. The largest absolute Gasteiger partial charge is 0.366 e. The summed E-state index contributed by atoms with van der Waals surface area (Å²) in [7, 11) is 0. The van der Waals surface area contributed by atoms with Crippen LogP contribution in [0, 0.1) is 18.3 Å². The van der Waals surface area contributed by atoms with Gasteiger partial charge in [-0.15, -0.1) is 10.2 Å². The van der Waals surface area contributed by atoms with Gasteiger partial charge >= 0.3 is 0 Å². The Hall–Kier alpha value is -3.33. The van der Waals surface area contributed by atoms with E-state index in [4.69, 9.17) is 5.73 Å². The van der Waals surface area contributed by atoms with Gasteiger partial charge in [0.15, 0.2) is 0 Å². The standard InChI is InChI=1S/C16H12N6/c1-10-7-8-12(13(9-17)19-10)15-14(20-16(18)22-21-15)11-5-3-2-4-6-11/h2-8H,1H3,(H2,18,20,22). The fraction of sp³-hybridized carbons (Fsp3) is 0.0625. The van der Waals surface area contributed by atoms with Crippen molar-refractivity contribution in [1.82, 2.24) is 20.2 Å². The first-order valence-electron chi connectivity index (χ1n) is 6.63. The normalized spacial score (nSPS) is 10.2. The quantitative estimate of drug-likeness (QED) is 0.776. The van der Waals surface area contributed by atoms with E-state index in [9.17, 15) is 5.26 Å². The molecule has 1 aromatic carbocycles. The molecule has 0 atom stereocenters. The summed E-state index contributed by atoms with van der Waals surface area (Å²) < 4.78 is 0. The highest BCUT2D eigenvalue weighted by atomic mass is 15.2. The van der Waals surface area contributed by atoms with Crippen molar-refractivity contribution in [3.8, 4) is 28.6 Å². The van der Waals surface area contributed by atoms with Crippen molar-refractivity contribution in [2.24, 2.45) is 0 Å². The lowest BCUT2D eigenvalue weighted by molar-refractivity contribution is 0.993. The second-order valence-corrected chi connectivity index (χ2v) is 4.69. The number of aromatic nitrogens is 4. The van der Waals surface area contributed by atoms with Gasteiger partial charge in [0.05, 0.1) is 0 Å². The molecule has 0 unspecified atom stereocenters. The second kappa shape index (κ2) is 5.58. The maximum absolute atomic E-state index is 9.31. The van der Waals surface area contributed by atoms with E-state index in [-0.39, 0.29) is 11.6 Å². The van der Waals surface area contributed by atoms with Gasteiger partial charge in [-0.2, -0.15) is 5.26 Å². The van der Waals surface area contributed by atoms with E-state index in [1.54, 1.807) is 6.07 Å². The van der Waals surface area contributed by atoms with Gasteiger partial charge in [0.25, 0.3) is 0 Å². The Morgan fingerprint density at radius 2 is 1.73 bits per heavy atom. The van der Waals surface area contributed by atoms with Crippen molar-refractivity contribution in [2.45, 2.75) is 6.92 Å². The Morgan fingerprint density at radius 3 is 2.45 bits per heavy atom. The van der Waals surface area contributed by atoms with Gasteiger partial charge in [-0.1, -0.05) is 30.3 Å². The number of nitrogens with zero attached hydrogens (tertiary/aromatic N) is 5. The van der Waals surface area contributed by atoms with Crippen LogP contribution in [0.4, 0.5) is 5.95 Å². The lowest BCUT2D eigenvalue weighted by atomic mass is 10.0. The van der Waals surface area contributed by atoms with Crippen LogP contribution in [0.5, 0.6) is 0 Å². The molecule has 0 saturated heterocycles. The number of hydrogen-bond donors (Lipinski definition) is 1. The molecule has 0 aliphatic rings. The molecule has 6 heteroatoms. The Balaban J connectivity index is 2.27. The number of anilines is 1. The van der Waals surface area contributed by atoms with E-state index in [2.05, 4.69) is 26.2 Å². The first kappa shape index (κ1) is 13.6. The number of aryl methyl sites for hydroxylation is 1. The van der Waals surface area contributed by atoms with E-state index in [1.807, 2.05) is 43.3 Å². The van der Waals surface area contributed by atoms with E-state index < -0.39 is 0 Å². The number of hydrogen-bond acceptors (Lipinski definition) is 6. The Morgan fingerprint density at radius 1 is 0.955 bits per heavy atom. The van der Waals surface area contributed by atoms with Crippen LogP contribution in [0.3, 0.4) is 0 Å². The van der Waals surface area contributed by atoms with Crippen molar-refractivity contribution in [3.63, 3.8) is 0 Å². The van der Waals surface area contributed by atoms with Crippen molar-refractivity contribution in [3.05, 3.63) is 53.9 Å². The topological polar surface area (TPSA) is 101 Å². The minimum atomic E-state index is 0.0844. The van der Waals surface area contributed by atoms with Crippen LogP contribution >= 0.6 is 0 Å². The zero-order valence-electron chi connectivity index (χ0n) is 11.9. The van der Waals surface area contributed by atoms with Crippen LogP contribution in [-0.2, 0) is 0 Å². The summed E-state index contributed by atoms with van der Waals surface area (Å²) in [5.41, 5.74) is 9.23. The second-order valence-electron chi connectivity index (χ2n) is 4.69. The van der Waals surface area contributed by atoms with Crippen LogP contribution in [0.25, 0.3) is 22.5 Å². The monoisotopic (exact) mass is 288 g/mol. The Kier molecular flexibility index (Phi) is 3.46. The molecular weight excluding hydrogens is 276 g/mol. The molecule has 3 rings (SSSR count). The first-order chi connectivity index (χ1) is 10.7. The number of rotatable bonds is 2. The molecule has 0 aliphatic carbocycles. The predicted molar refractivity (Wildman–Crippen MR) is 82.4 cm³/mol. The van der Waals surface area contributed by atoms with E-state index in [0.717, 1.165) is 11.3 Å². The van der Waals surface area contributed by atoms with Gasteiger partial charge in [-0.05, 0) is 19.1 Å². The van der Waals surface area contributed by atoms with Gasteiger partial charge in [0.1, 0.15) is 23.2 Å². The van der Waals surface area contributed by atoms with Crippen molar-refractivity contribution in [1.29, 1.82) is 5.26 Å². The fourth-order valence-corrected chi connectivity index (χ4v) is 2.15. The molecule has 0 aliphatic heterocycles. The minimum absolute atomic E-state index is 0.0844. The zero-order valence-corrected chi connectivity index (χ0v) is 11.9. The molecule has 2 N–H and O–H groups in total. The van der Waals surface area contributed by atoms with Gasteiger partial charge in [-0.25, -0.2) is 9.97 Å². The summed E-state index contributed by atoms with van der Waals surface area (Å²) in [6.07, 6.45) is 0. The van der Waals surface area contributed by atoms with Crippen molar-refractivity contribution in [2.75, 3.05) is 5.73 Å². The minimum Gasteiger partial charge on any atom is -0.366 e. The number of nitrogens with two attached hydrogens (primary N) is 1. The smallest absolute Gasteiger partial charge is 0.240 e. The molecular formula is C16H12N6.